The van der Waals surface area contributed by atoms with Crippen molar-refractivity contribution in [3.63, 3.8) is 0 Å². The first kappa shape index (κ1) is 16.2. The van der Waals surface area contributed by atoms with Crippen LogP contribution >= 0.6 is 11.6 Å². The first-order valence-corrected chi connectivity index (χ1v) is 7.79. The van der Waals surface area contributed by atoms with E-state index in [2.05, 4.69) is 10.3 Å². The summed E-state index contributed by atoms with van der Waals surface area (Å²) < 4.78 is 1.87. The van der Waals surface area contributed by atoms with Gasteiger partial charge in [0.05, 0.1) is 12.9 Å². The van der Waals surface area contributed by atoms with E-state index in [9.17, 15) is 4.79 Å². The molecule has 0 fully saturated rings. The SMILES string of the molecule is O=C(Nc1cn(Cc2cccc(Cl)c2)cn1)c1cccc(CO)c1. The lowest BCUT2D eigenvalue weighted by Crippen LogP contribution is -2.12. The predicted octanol–water partition coefficient (Wildman–Crippen LogP) is 3.33. The van der Waals surface area contributed by atoms with Gasteiger partial charge in [-0.25, -0.2) is 4.98 Å². The molecule has 0 atom stereocenters. The molecule has 2 N–H and O–H groups in total. The molecule has 0 aliphatic carbocycles. The number of benzene rings is 2. The van der Waals surface area contributed by atoms with Gasteiger partial charge in [-0.1, -0.05) is 35.9 Å². The Morgan fingerprint density at radius 3 is 2.75 bits per heavy atom. The van der Waals surface area contributed by atoms with E-state index in [0.29, 0.717) is 28.5 Å². The maximum absolute atomic E-state index is 12.2. The van der Waals surface area contributed by atoms with E-state index in [0.717, 1.165) is 5.56 Å². The normalized spacial score (nSPS) is 10.6. The van der Waals surface area contributed by atoms with Crippen LogP contribution in [0.3, 0.4) is 0 Å². The van der Waals surface area contributed by atoms with E-state index >= 15 is 0 Å². The number of rotatable bonds is 5. The summed E-state index contributed by atoms with van der Waals surface area (Å²) in [6, 6.07) is 14.4. The second-order valence-electron chi connectivity index (χ2n) is 5.37. The summed E-state index contributed by atoms with van der Waals surface area (Å²) in [4.78, 5) is 16.4. The Labute approximate surface area is 144 Å². The molecular weight excluding hydrogens is 326 g/mol. The predicted molar refractivity (Wildman–Crippen MR) is 93.1 cm³/mol. The number of anilines is 1. The van der Waals surface area contributed by atoms with E-state index in [1.807, 2.05) is 28.8 Å². The number of carbonyl (C=O) groups excluding carboxylic acids is 1. The second kappa shape index (κ2) is 7.29. The van der Waals surface area contributed by atoms with Crippen molar-refractivity contribution in [3.05, 3.63) is 82.8 Å². The number of hydrogen-bond acceptors (Lipinski definition) is 3. The molecule has 5 nitrogen and oxygen atoms in total. The van der Waals surface area contributed by atoms with Crippen LogP contribution in [0.1, 0.15) is 21.5 Å². The molecule has 24 heavy (non-hydrogen) atoms. The van der Waals surface area contributed by atoms with Crippen LogP contribution in [0.2, 0.25) is 5.02 Å². The Balaban J connectivity index is 1.68. The summed E-state index contributed by atoms with van der Waals surface area (Å²) in [5.74, 6) is 0.203. The van der Waals surface area contributed by atoms with Crippen LogP contribution < -0.4 is 5.32 Å². The molecule has 0 aliphatic heterocycles. The quantitative estimate of drug-likeness (QED) is 0.748. The summed E-state index contributed by atoms with van der Waals surface area (Å²) in [5, 5.41) is 12.6. The number of nitrogens with one attached hydrogen (secondary N) is 1. The number of nitrogens with zero attached hydrogens (tertiary/aromatic N) is 2. The Morgan fingerprint density at radius 2 is 1.96 bits per heavy atom. The van der Waals surface area contributed by atoms with Crippen molar-refractivity contribution < 1.29 is 9.90 Å². The summed E-state index contributed by atoms with van der Waals surface area (Å²) in [5.41, 5.74) is 2.22. The highest BCUT2D eigenvalue weighted by molar-refractivity contribution is 6.30. The van der Waals surface area contributed by atoms with Crippen LogP contribution in [-0.2, 0) is 13.2 Å². The highest BCUT2D eigenvalue weighted by atomic mass is 35.5. The summed E-state index contributed by atoms with van der Waals surface area (Å²) in [7, 11) is 0. The van der Waals surface area contributed by atoms with E-state index in [1.54, 1.807) is 36.8 Å². The van der Waals surface area contributed by atoms with Crippen LogP contribution in [0, 0.1) is 0 Å². The zero-order chi connectivity index (χ0) is 16.9. The van der Waals surface area contributed by atoms with Crippen LogP contribution in [0.25, 0.3) is 0 Å². The number of hydrogen-bond donors (Lipinski definition) is 2. The topological polar surface area (TPSA) is 67.2 Å². The van der Waals surface area contributed by atoms with E-state index < -0.39 is 0 Å². The molecule has 2 aromatic carbocycles. The van der Waals surface area contributed by atoms with Gasteiger partial charge in [0.1, 0.15) is 0 Å². The lowest BCUT2D eigenvalue weighted by Gasteiger charge is -2.04. The van der Waals surface area contributed by atoms with Gasteiger partial charge in [-0.05, 0) is 35.4 Å². The number of imidazole rings is 1. The fourth-order valence-electron chi connectivity index (χ4n) is 2.36. The molecule has 122 valence electrons. The molecule has 0 unspecified atom stereocenters. The van der Waals surface area contributed by atoms with E-state index in [1.165, 1.54) is 0 Å². The zero-order valence-electron chi connectivity index (χ0n) is 12.8. The Hall–Kier alpha value is -2.63. The smallest absolute Gasteiger partial charge is 0.256 e. The average Bonchev–Trinajstić information content (AvgIpc) is 3.01. The van der Waals surface area contributed by atoms with Crippen molar-refractivity contribution in [3.8, 4) is 0 Å². The maximum atomic E-state index is 12.2. The molecular formula is C18H16ClN3O2. The largest absolute Gasteiger partial charge is 0.392 e. The third-order valence-electron chi connectivity index (χ3n) is 3.50. The van der Waals surface area contributed by atoms with E-state index in [-0.39, 0.29) is 12.5 Å². The molecule has 6 heteroatoms. The molecule has 1 aromatic heterocycles. The van der Waals surface area contributed by atoms with E-state index in [4.69, 9.17) is 16.7 Å². The zero-order valence-corrected chi connectivity index (χ0v) is 13.6. The molecule has 1 amide bonds. The summed E-state index contributed by atoms with van der Waals surface area (Å²) in [6.07, 6.45) is 3.41. The fraction of sp³-hybridized carbons (Fsp3) is 0.111. The molecule has 3 rings (SSSR count). The summed E-state index contributed by atoms with van der Waals surface area (Å²) in [6.45, 7) is 0.513. The molecule has 0 spiro atoms. The molecule has 0 radical (unpaired) electrons. The minimum Gasteiger partial charge on any atom is -0.392 e. The van der Waals surface area contributed by atoms with Crippen molar-refractivity contribution in [2.24, 2.45) is 0 Å². The van der Waals surface area contributed by atoms with Crippen molar-refractivity contribution in [1.82, 2.24) is 9.55 Å². The number of halogens is 1. The van der Waals surface area contributed by atoms with Crippen LogP contribution in [0.4, 0.5) is 5.82 Å². The van der Waals surface area contributed by atoms with Crippen molar-refractivity contribution in [2.45, 2.75) is 13.2 Å². The Morgan fingerprint density at radius 1 is 1.17 bits per heavy atom. The number of aliphatic hydroxyl groups excluding tert-OH is 1. The third-order valence-corrected chi connectivity index (χ3v) is 3.74. The van der Waals surface area contributed by atoms with Crippen molar-refractivity contribution in [1.29, 1.82) is 0 Å². The van der Waals surface area contributed by atoms with Crippen LogP contribution in [0.15, 0.2) is 61.1 Å². The van der Waals surface area contributed by atoms with Crippen molar-refractivity contribution in [2.75, 3.05) is 5.32 Å². The standard InChI is InChI=1S/C18H16ClN3O2/c19-16-6-2-3-13(8-16)9-22-10-17(20-12-22)21-18(24)15-5-1-4-14(7-15)11-23/h1-8,10,12,23H,9,11H2,(H,21,24). The van der Waals surface area contributed by atoms with Gasteiger partial charge in [0.15, 0.2) is 5.82 Å². The van der Waals surface area contributed by atoms with Gasteiger partial charge in [-0.3, -0.25) is 4.79 Å². The molecule has 3 aromatic rings. The maximum Gasteiger partial charge on any atom is 0.256 e. The van der Waals surface area contributed by atoms with Gasteiger partial charge < -0.3 is 15.0 Å². The highest BCUT2D eigenvalue weighted by Crippen LogP contribution is 2.14. The molecule has 0 saturated carbocycles. The third kappa shape index (κ3) is 4.01. The lowest BCUT2D eigenvalue weighted by atomic mass is 10.1. The number of aromatic nitrogens is 2. The minimum absolute atomic E-state index is 0.102. The molecule has 1 heterocycles. The minimum atomic E-state index is -0.265. The van der Waals surface area contributed by atoms with Gasteiger partial charge in [0, 0.05) is 23.3 Å². The van der Waals surface area contributed by atoms with Gasteiger partial charge in [0.2, 0.25) is 0 Å². The number of amides is 1. The fourth-order valence-corrected chi connectivity index (χ4v) is 2.57. The highest BCUT2D eigenvalue weighted by Gasteiger charge is 2.08. The van der Waals surface area contributed by atoms with Gasteiger partial charge in [-0.15, -0.1) is 0 Å². The number of carbonyl (C=O) groups is 1. The van der Waals surface area contributed by atoms with Gasteiger partial charge >= 0.3 is 0 Å². The Kier molecular flexibility index (Phi) is 4.93. The molecule has 0 saturated heterocycles. The average molecular weight is 342 g/mol. The lowest BCUT2D eigenvalue weighted by molar-refractivity contribution is 0.102. The van der Waals surface area contributed by atoms with Crippen LogP contribution in [-0.4, -0.2) is 20.6 Å². The van der Waals surface area contributed by atoms with Gasteiger partial charge in [-0.2, -0.15) is 0 Å². The molecule has 0 aliphatic rings. The number of aliphatic hydroxyl groups is 1. The first-order chi connectivity index (χ1) is 11.6. The van der Waals surface area contributed by atoms with Crippen molar-refractivity contribution >= 4 is 23.3 Å². The Bertz CT molecular complexity index is 861. The summed E-state index contributed by atoms with van der Waals surface area (Å²) >= 11 is 5.98. The first-order valence-electron chi connectivity index (χ1n) is 7.41. The molecule has 0 bridgehead atoms. The van der Waals surface area contributed by atoms with Crippen LogP contribution in [0.5, 0.6) is 0 Å². The second-order valence-corrected chi connectivity index (χ2v) is 5.81. The monoisotopic (exact) mass is 341 g/mol. The van der Waals surface area contributed by atoms with Gasteiger partial charge in [0.25, 0.3) is 5.91 Å².